The SMILES string of the molecule is CCC(N)(CC)CNC(=O)Cc1csc(Cc2ccc(F)cc2)n1. The Morgan fingerprint density at radius 2 is 1.96 bits per heavy atom. The standard InChI is InChI=1S/C18H24FN3OS/c1-3-18(20,4-2)12-21-16(23)10-15-11-24-17(22-15)9-13-5-7-14(19)8-6-13/h5-8,11H,3-4,9-10,12,20H2,1-2H3,(H,21,23). The molecule has 24 heavy (non-hydrogen) atoms. The zero-order chi connectivity index (χ0) is 17.6. The smallest absolute Gasteiger partial charge is 0.226 e. The van der Waals surface area contributed by atoms with Crippen LogP contribution >= 0.6 is 11.3 Å². The number of nitrogens with two attached hydrogens (primary N) is 1. The lowest BCUT2D eigenvalue weighted by Gasteiger charge is -2.26. The molecule has 0 atom stereocenters. The first kappa shape index (κ1) is 18.5. The van der Waals surface area contributed by atoms with Crippen LogP contribution < -0.4 is 11.1 Å². The summed E-state index contributed by atoms with van der Waals surface area (Å²) in [6.07, 6.45) is 2.54. The lowest BCUT2D eigenvalue weighted by atomic mass is 9.94. The number of nitrogens with zero attached hydrogens (tertiary/aromatic N) is 1. The van der Waals surface area contributed by atoms with Crippen LogP contribution in [0.5, 0.6) is 0 Å². The van der Waals surface area contributed by atoms with Crippen molar-refractivity contribution in [2.24, 2.45) is 5.73 Å². The quantitative estimate of drug-likeness (QED) is 0.770. The number of rotatable bonds is 8. The first-order valence-electron chi connectivity index (χ1n) is 8.17. The molecule has 0 unspecified atom stereocenters. The second-order valence-corrected chi connectivity index (χ2v) is 7.00. The highest BCUT2D eigenvalue weighted by Gasteiger charge is 2.21. The number of hydrogen-bond acceptors (Lipinski definition) is 4. The molecule has 3 N–H and O–H groups in total. The zero-order valence-electron chi connectivity index (χ0n) is 14.1. The van der Waals surface area contributed by atoms with E-state index in [1.807, 2.05) is 19.2 Å². The highest BCUT2D eigenvalue weighted by atomic mass is 32.1. The molecule has 0 aliphatic carbocycles. The Morgan fingerprint density at radius 3 is 2.58 bits per heavy atom. The van der Waals surface area contributed by atoms with Gasteiger partial charge in [-0.3, -0.25) is 4.79 Å². The lowest BCUT2D eigenvalue weighted by Crippen LogP contribution is -2.49. The van der Waals surface area contributed by atoms with Gasteiger partial charge in [0.25, 0.3) is 0 Å². The van der Waals surface area contributed by atoms with Crippen molar-refractivity contribution in [1.29, 1.82) is 0 Å². The van der Waals surface area contributed by atoms with E-state index < -0.39 is 0 Å². The van der Waals surface area contributed by atoms with E-state index in [1.54, 1.807) is 12.1 Å². The van der Waals surface area contributed by atoms with E-state index in [4.69, 9.17) is 5.73 Å². The molecular formula is C18H24FN3OS. The van der Waals surface area contributed by atoms with Crippen LogP contribution in [0.25, 0.3) is 0 Å². The van der Waals surface area contributed by atoms with Gasteiger partial charge in [-0.1, -0.05) is 26.0 Å². The van der Waals surface area contributed by atoms with Crippen molar-refractivity contribution < 1.29 is 9.18 Å². The molecule has 4 nitrogen and oxygen atoms in total. The highest BCUT2D eigenvalue weighted by Crippen LogP contribution is 2.16. The van der Waals surface area contributed by atoms with Crippen molar-refractivity contribution >= 4 is 17.2 Å². The van der Waals surface area contributed by atoms with E-state index in [1.165, 1.54) is 23.5 Å². The average Bonchev–Trinajstić information content (AvgIpc) is 3.01. The number of benzene rings is 1. The molecule has 0 radical (unpaired) electrons. The molecule has 0 saturated carbocycles. The van der Waals surface area contributed by atoms with Gasteiger partial charge in [0.15, 0.2) is 0 Å². The third-order valence-electron chi connectivity index (χ3n) is 4.26. The van der Waals surface area contributed by atoms with E-state index in [0.717, 1.165) is 29.1 Å². The van der Waals surface area contributed by atoms with Gasteiger partial charge in [0.2, 0.25) is 5.91 Å². The Bertz CT molecular complexity index is 665. The second-order valence-electron chi connectivity index (χ2n) is 6.06. The molecule has 130 valence electrons. The predicted octanol–water partition coefficient (Wildman–Crippen LogP) is 3.05. The van der Waals surface area contributed by atoms with Crippen LogP contribution in [0.4, 0.5) is 4.39 Å². The van der Waals surface area contributed by atoms with Crippen LogP contribution in [-0.2, 0) is 17.6 Å². The normalized spacial score (nSPS) is 11.5. The van der Waals surface area contributed by atoms with Gasteiger partial charge in [-0.25, -0.2) is 9.37 Å². The molecule has 0 spiro atoms. The van der Waals surface area contributed by atoms with Crippen LogP contribution in [0.3, 0.4) is 0 Å². The van der Waals surface area contributed by atoms with Gasteiger partial charge >= 0.3 is 0 Å². The van der Waals surface area contributed by atoms with Crippen molar-refractivity contribution in [2.45, 2.75) is 45.1 Å². The van der Waals surface area contributed by atoms with Crippen LogP contribution in [0, 0.1) is 5.82 Å². The fourth-order valence-electron chi connectivity index (χ4n) is 2.29. The minimum absolute atomic E-state index is 0.0645. The highest BCUT2D eigenvalue weighted by molar-refractivity contribution is 7.09. The molecule has 6 heteroatoms. The monoisotopic (exact) mass is 349 g/mol. The Labute approximate surface area is 146 Å². The number of amides is 1. The van der Waals surface area contributed by atoms with Gasteiger partial charge in [-0.05, 0) is 30.5 Å². The first-order valence-corrected chi connectivity index (χ1v) is 9.05. The minimum Gasteiger partial charge on any atom is -0.354 e. The van der Waals surface area contributed by atoms with Crippen molar-refractivity contribution in [3.05, 3.63) is 51.7 Å². The van der Waals surface area contributed by atoms with Crippen molar-refractivity contribution in [2.75, 3.05) is 6.54 Å². The minimum atomic E-state index is -0.342. The number of halogens is 1. The number of thiazole rings is 1. The van der Waals surface area contributed by atoms with E-state index in [-0.39, 0.29) is 23.7 Å². The average molecular weight is 349 g/mol. The predicted molar refractivity (Wildman–Crippen MR) is 95.5 cm³/mol. The fraction of sp³-hybridized carbons (Fsp3) is 0.444. The van der Waals surface area contributed by atoms with Crippen molar-refractivity contribution in [3.8, 4) is 0 Å². The Morgan fingerprint density at radius 1 is 1.29 bits per heavy atom. The van der Waals surface area contributed by atoms with Gasteiger partial charge in [0.05, 0.1) is 17.1 Å². The molecular weight excluding hydrogens is 325 g/mol. The Hall–Kier alpha value is -1.79. The van der Waals surface area contributed by atoms with E-state index >= 15 is 0 Å². The largest absolute Gasteiger partial charge is 0.354 e. The van der Waals surface area contributed by atoms with Gasteiger partial charge in [0.1, 0.15) is 5.82 Å². The molecule has 2 rings (SSSR count). The zero-order valence-corrected chi connectivity index (χ0v) is 15.0. The van der Waals surface area contributed by atoms with Gasteiger partial charge in [0, 0.05) is 23.9 Å². The molecule has 1 amide bonds. The maximum absolute atomic E-state index is 12.9. The summed E-state index contributed by atoms with van der Waals surface area (Å²) in [4.78, 5) is 16.5. The Kier molecular flexibility index (Phi) is 6.45. The van der Waals surface area contributed by atoms with Crippen LogP contribution in [0.2, 0.25) is 0 Å². The number of nitrogens with one attached hydrogen (secondary N) is 1. The second kappa shape index (κ2) is 8.35. The summed E-state index contributed by atoms with van der Waals surface area (Å²) in [5, 5.41) is 5.71. The summed E-state index contributed by atoms with van der Waals surface area (Å²) in [5.74, 6) is -0.309. The molecule has 1 aromatic carbocycles. The number of carbonyl (C=O) groups is 1. The van der Waals surface area contributed by atoms with Crippen LogP contribution in [0.1, 0.15) is 43.0 Å². The first-order chi connectivity index (χ1) is 11.4. The summed E-state index contributed by atoms with van der Waals surface area (Å²) >= 11 is 1.51. The lowest BCUT2D eigenvalue weighted by molar-refractivity contribution is -0.120. The van der Waals surface area contributed by atoms with Gasteiger partial charge in [-0.2, -0.15) is 0 Å². The van der Waals surface area contributed by atoms with E-state index in [9.17, 15) is 9.18 Å². The molecule has 2 aromatic rings. The van der Waals surface area contributed by atoms with Gasteiger partial charge in [-0.15, -0.1) is 11.3 Å². The number of hydrogen-bond donors (Lipinski definition) is 2. The molecule has 0 bridgehead atoms. The molecule has 0 saturated heterocycles. The summed E-state index contributed by atoms with van der Waals surface area (Å²) in [6.45, 7) is 4.53. The topological polar surface area (TPSA) is 68.0 Å². The number of aromatic nitrogens is 1. The number of carbonyl (C=O) groups excluding carboxylic acids is 1. The fourth-order valence-corrected chi connectivity index (χ4v) is 3.12. The third kappa shape index (κ3) is 5.39. The summed E-state index contributed by atoms with van der Waals surface area (Å²) in [7, 11) is 0. The van der Waals surface area contributed by atoms with Crippen molar-refractivity contribution in [1.82, 2.24) is 10.3 Å². The van der Waals surface area contributed by atoms with Crippen molar-refractivity contribution in [3.63, 3.8) is 0 Å². The van der Waals surface area contributed by atoms with Gasteiger partial charge < -0.3 is 11.1 Å². The van der Waals surface area contributed by atoms with E-state index in [2.05, 4.69) is 10.3 Å². The summed E-state index contributed by atoms with van der Waals surface area (Å²) in [5.41, 5.74) is 7.60. The maximum atomic E-state index is 12.9. The molecule has 0 fully saturated rings. The summed E-state index contributed by atoms with van der Waals surface area (Å²) < 4.78 is 12.9. The van der Waals surface area contributed by atoms with Crippen LogP contribution in [-0.4, -0.2) is 23.0 Å². The molecule has 0 aliphatic heterocycles. The molecule has 1 aromatic heterocycles. The molecule has 0 aliphatic rings. The van der Waals surface area contributed by atoms with E-state index in [0.29, 0.717) is 13.0 Å². The maximum Gasteiger partial charge on any atom is 0.226 e. The Balaban J connectivity index is 1.86. The summed E-state index contributed by atoms with van der Waals surface area (Å²) in [6, 6.07) is 6.38. The molecule has 1 heterocycles. The van der Waals surface area contributed by atoms with Crippen LogP contribution in [0.15, 0.2) is 29.6 Å². The third-order valence-corrected chi connectivity index (χ3v) is 5.15.